The van der Waals surface area contributed by atoms with Crippen LogP contribution in [0.15, 0.2) is 34.9 Å². The number of carbonyl (C=O) groups excluding carboxylic acids is 1. The van der Waals surface area contributed by atoms with Crippen molar-refractivity contribution in [3.05, 3.63) is 53.2 Å². The second-order valence-electron chi connectivity index (χ2n) is 6.70. The van der Waals surface area contributed by atoms with Crippen LogP contribution in [0.2, 0.25) is 0 Å². The van der Waals surface area contributed by atoms with Crippen LogP contribution in [0, 0.1) is 0 Å². The Hall–Kier alpha value is -2.47. The highest BCUT2D eigenvalue weighted by Gasteiger charge is 2.15. The predicted octanol–water partition coefficient (Wildman–Crippen LogP) is 2.60. The van der Waals surface area contributed by atoms with E-state index in [1.165, 1.54) is 5.56 Å². The second-order valence-corrected chi connectivity index (χ2v) is 6.70. The summed E-state index contributed by atoms with van der Waals surface area (Å²) in [5.41, 5.74) is 3.52. The molecular weight excluding hydrogens is 328 g/mol. The maximum Gasteiger partial charge on any atom is 0.227 e. The largest absolute Gasteiger partial charge is 0.352 e. The minimum Gasteiger partial charge on any atom is -0.352 e. The van der Waals surface area contributed by atoms with Gasteiger partial charge in [-0.15, -0.1) is 0 Å². The molecule has 1 aliphatic rings. The molecule has 1 aromatic heterocycles. The molecule has 2 heterocycles. The lowest BCUT2D eigenvalue weighted by atomic mass is 10.1. The van der Waals surface area contributed by atoms with Crippen LogP contribution in [0.25, 0.3) is 5.57 Å². The third-order valence-corrected chi connectivity index (χ3v) is 4.65. The Labute approximate surface area is 154 Å². The van der Waals surface area contributed by atoms with Crippen molar-refractivity contribution < 1.29 is 9.32 Å². The van der Waals surface area contributed by atoms with Crippen LogP contribution >= 0.6 is 0 Å². The first-order valence-electron chi connectivity index (χ1n) is 9.19. The van der Waals surface area contributed by atoms with Crippen LogP contribution in [0.3, 0.4) is 0 Å². The van der Waals surface area contributed by atoms with Crippen LogP contribution < -0.4 is 5.32 Å². The summed E-state index contributed by atoms with van der Waals surface area (Å²) < 4.78 is 5.29. The summed E-state index contributed by atoms with van der Waals surface area (Å²) in [7, 11) is 2.09. The molecule has 2 aromatic rings. The fourth-order valence-corrected chi connectivity index (χ4v) is 2.86. The molecule has 6 nitrogen and oxygen atoms in total. The molecule has 26 heavy (non-hydrogen) atoms. The van der Waals surface area contributed by atoms with Crippen molar-refractivity contribution in [3.63, 3.8) is 0 Å². The zero-order chi connectivity index (χ0) is 18.4. The number of benzene rings is 1. The highest BCUT2D eigenvalue weighted by atomic mass is 16.5. The molecule has 6 heteroatoms. The summed E-state index contributed by atoms with van der Waals surface area (Å²) in [5.74, 6) is 1.16. The van der Waals surface area contributed by atoms with E-state index in [1.54, 1.807) is 0 Å². The van der Waals surface area contributed by atoms with Gasteiger partial charge in [0, 0.05) is 32.5 Å². The van der Waals surface area contributed by atoms with Gasteiger partial charge in [-0.3, -0.25) is 4.79 Å². The van der Waals surface area contributed by atoms with E-state index in [4.69, 9.17) is 4.52 Å². The first kappa shape index (κ1) is 18.3. The highest BCUT2D eigenvalue weighted by Crippen LogP contribution is 2.19. The molecule has 0 bridgehead atoms. The number of aromatic nitrogens is 2. The van der Waals surface area contributed by atoms with Gasteiger partial charge in [-0.05, 0) is 36.6 Å². The molecule has 1 amide bonds. The van der Waals surface area contributed by atoms with E-state index in [-0.39, 0.29) is 5.91 Å². The number of hydrogen-bond acceptors (Lipinski definition) is 5. The van der Waals surface area contributed by atoms with Gasteiger partial charge in [-0.1, -0.05) is 42.4 Å². The van der Waals surface area contributed by atoms with Crippen molar-refractivity contribution in [1.29, 1.82) is 0 Å². The average Bonchev–Trinajstić information content (AvgIpc) is 3.14. The molecule has 0 saturated heterocycles. The topological polar surface area (TPSA) is 71.3 Å². The summed E-state index contributed by atoms with van der Waals surface area (Å²) in [5, 5.41) is 6.98. The van der Waals surface area contributed by atoms with Gasteiger partial charge in [0.2, 0.25) is 11.8 Å². The van der Waals surface area contributed by atoms with Crippen molar-refractivity contribution in [2.45, 2.75) is 39.2 Å². The van der Waals surface area contributed by atoms with Crippen molar-refractivity contribution in [3.8, 4) is 0 Å². The standard InChI is InChI=1S/C20H26N4O2/c1-3-15-4-6-16(7-5-15)14-21-18(25)8-9-19-22-20(23-26-19)17-10-12-24(2)13-11-17/h4-7,10H,3,8-9,11-14H2,1-2H3,(H,21,25). The molecule has 3 rings (SSSR count). The monoisotopic (exact) mass is 354 g/mol. The zero-order valence-electron chi connectivity index (χ0n) is 15.5. The van der Waals surface area contributed by atoms with E-state index < -0.39 is 0 Å². The lowest BCUT2D eigenvalue weighted by Crippen LogP contribution is -2.24. The third kappa shape index (κ3) is 5.02. The van der Waals surface area contributed by atoms with Crippen molar-refractivity contribution in [2.75, 3.05) is 20.1 Å². The van der Waals surface area contributed by atoms with E-state index in [9.17, 15) is 4.79 Å². The molecule has 0 aliphatic carbocycles. The smallest absolute Gasteiger partial charge is 0.227 e. The van der Waals surface area contributed by atoms with Gasteiger partial charge in [0.25, 0.3) is 0 Å². The molecule has 1 aromatic carbocycles. The zero-order valence-corrected chi connectivity index (χ0v) is 15.5. The summed E-state index contributed by atoms with van der Waals surface area (Å²) in [4.78, 5) is 18.7. The maximum absolute atomic E-state index is 12.0. The molecule has 0 radical (unpaired) electrons. The molecular formula is C20H26N4O2. The summed E-state index contributed by atoms with van der Waals surface area (Å²) >= 11 is 0. The van der Waals surface area contributed by atoms with Crippen molar-refractivity contribution in [2.24, 2.45) is 0 Å². The number of carbonyl (C=O) groups is 1. The molecule has 0 unspecified atom stereocenters. The van der Waals surface area contributed by atoms with Crippen molar-refractivity contribution in [1.82, 2.24) is 20.4 Å². The summed E-state index contributed by atoms with van der Waals surface area (Å²) in [6.45, 7) is 4.57. The van der Waals surface area contributed by atoms with Crippen LogP contribution in [-0.2, 0) is 24.2 Å². The number of nitrogens with zero attached hydrogens (tertiary/aromatic N) is 3. The van der Waals surface area contributed by atoms with Gasteiger partial charge >= 0.3 is 0 Å². The minimum atomic E-state index is -0.0113. The predicted molar refractivity (Wildman–Crippen MR) is 100 cm³/mol. The van der Waals surface area contributed by atoms with Gasteiger partial charge < -0.3 is 14.7 Å². The van der Waals surface area contributed by atoms with Crippen molar-refractivity contribution >= 4 is 11.5 Å². The summed E-state index contributed by atoms with van der Waals surface area (Å²) in [6, 6.07) is 8.30. The molecule has 0 spiro atoms. The molecule has 138 valence electrons. The number of amides is 1. The lowest BCUT2D eigenvalue weighted by molar-refractivity contribution is -0.121. The van der Waals surface area contributed by atoms with E-state index in [2.05, 4.69) is 64.7 Å². The Kier molecular flexibility index (Phi) is 6.17. The maximum atomic E-state index is 12.0. The normalized spacial score (nSPS) is 14.9. The van der Waals surface area contributed by atoms with Crippen LogP contribution in [0.1, 0.15) is 42.6 Å². The second kappa shape index (κ2) is 8.76. The molecule has 1 N–H and O–H groups in total. The quantitative estimate of drug-likeness (QED) is 0.827. The van der Waals surface area contributed by atoms with Gasteiger partial charge in [0.05, 0.1) is 0 Å². The lowest BCUT2D eigenvalue weighted by Gasteiger charge is -2.19. The Morgan fingerprint density at radius 3 is 2.73 bits per heavy atom. The van der Waals surface area contributed by atoms with Crippen LogP contribution in [-0.4, -0.2) is 41.1 Å². The molecule has 0 saturated carbocycles. The number of hydrogen-bond donors (Lipinski definition) is 1. The SMILES string of the molecule is CCc1ccc(CNC(=O)CCc2nc(C3=CCN(C)CC3)no2)cc1. The first-order valence-corrected chi connectivity index (χ1v) is 9.19. The Morgan fingerprint density at radius 1 is 1.27 bits per heavy atom. The summed E-state index contributed by atoms with van der Waals surface area (Å²) in [6.07, 6.45) is 4.88. The van der Waals surface area contributed by atoms with E-state index in [0.29, 0.717) is 31.1 Å². The third-order valence-electron chi connectivity index (χ3n) is 4.65. The minimum absolute atomic E-state index is 0.0113. The van der Waals surface area contributed by atoms with Crippen LogP contribution in [0.5, 0.6) is 0 Å². The Bertz CT molecular complexity index is 764. The van der Waals surface area contributed by atoms with Gasteiger partial charge in [-0.25, -0.2) is 0 Å². The molecule has 0 fully saturated rings. The number of nitrogens with one attached hydrogen (secondary N) is 1. The highest BCUT2D eigenvalue weighted by molar-refractivity contribution is 5.76. The van der Waals surface area contributed by atoms with E-state index in [1.807, 2.05) is 0 Å². The molecule has 0 atom stereocenters. The fourth-order valence-electron chi connectivity index (χ4n) is 2.86. The number of likely N-dealkylation sites (N-methyl/N-ethyl adjacent to an activating group) is 1. The Balaban J connectivity index is 1.44. The van der Waals surface area contributed by atoms with E-state index in [0.717, 1.165) is 37.1 Å². The number of rotatable bonds is 7. The van der Waals surface area contributed by atoms with Gasteiger partial charge in [-0.2, -0.15) is 4.98 Å². The van der Waals surface area contributed by atoms with Gasteiger partial charge in [0.15, 0.2) is 5.82 Å². The fraction of sp³-hybridized carbons (Fsp3) is 0.450. The van der Waals surface area contributed by atoms with Gasteiger partial charge in [0.1, 0.15) is 0 Å². The average molecular weight is 354 g/mol. The van der Waals surface area contributed by atoms with Crippen LogP contribution in [0.4, 0.5) is 0 Å². The molecule has 1 aliphatic heterocycles. The van der Waals surface area contributed by atoms with E-state index >= 15 is 0 Å². The number of aryl methyl sites for hydroxylation is 2. The first-order chi connectivity index (χ1) is 12.6. The Morgan fingerprint density at radius 2 is 2.04 bits per heavy atom.